The third kappa shape index (κ3) is 16.0. The Morgan fingerprint density at radius 3 is 1.07 bits per heavy atom. The highest BCUT2D eigenvalue weighted by Gasteiger charge is 2.23. The van der Waals surface area contributed by atoms with E-state index in [4.69, 9.17) is 18.9 Å². The van der Waals surface area contributed by atoms with Crippen LogP contribution in [0.4, 0.5) is 0 Å². The minimum Gasteiger partial charge on any atom is -0.491 e. The van der Waals surface area contributed by atoms with Gasteiger partial charge in [0, 0.05) is 0 Å². The van der Waals surface area contributed by atoms with Crippen LogP contribution in [0.1, 0.15) is 60.1 Å². The maximum atomic E-state index is 5.40. The zero-order chi connectivity index (χ0) is 30.4. The van der Waals surface area contributed by atoms with Crippen LogP contribution >= 0.6 is 0 Å². The molecule has 6 rings (SSSR count). The van der Waals surface area contributed by atoms with Crippen molar-refractivity contribution in [1.82, 2.24) is 0 Å². The second-order valence-electron chi connectivity index (χ2n) is 9.26. The van der Waals surface area contributed by atoms with E-state index < -0.39 is 0 Å². The number of ether oxygens (including phenoxy) is 4. The van der Waals surface area contributed by atoms with E-state index in [2.05, 4.69) is 62.4 Å². The normalized spacial score (nSPS) is 15.0. The molecule has 2 aliphatic heterocycles. The largest absolute Gasteiger partial charge is 0.491 e. The van der Waals surface area contributed by atoms with Gasteiger partial charge in [0.2, 0.25) is 0 Å². The molecule has 2 saturated heterocycles. The predicted octanol–water partition coefficient (Wildman–Crippen LogP) is 10.1. The lowest BCUT2D eigenvalue weighted by molar-refractivity contribution is 0.263. The fourth-order valence-electron chi connectivity index (χ4n) is 3.61. The molecular weight excluding hydrogens is 532 g/mol. The third-order valence-corrected chi connectivity index (χ3v) is 6.22. The second-order valence-corrected chi connectivity index (χ2v) is 9.26. The van der Waals surface area contributed by atoms with Gasteiger partial charge in [-0.15, -0.1) is 0 Å². The standard InChI is InChI=1S/C16H18.2C9H10O2.2C2H6.CH4/c1-3-13-5-9-15(10-6-13)16-11-7-14(4-2)8-12-16;2*1-2-4-8(5-3-1)10-6-9-7-11-9;2*1-2;/h5-12H,3-4H2,1-2H3;2*1-5,9H,6-7H2;2*1-2H3;1H4. The van der Waals surface area contributed by atoms with Crippen molar-refractivity contribution in [2.45, 2.75) is 74.0 Å². The van der Waals surface area contributed by atoms with Gasteiger partial charge in [0.1, 0.15) is 36.9 Å². The number of benzene rings is 4. The lowest BCUT2D eigenvalue weighted by atomic mass is 10.0. The molecule has 2 fully saturated rings. The molecule has 4 nitrogen and oxygen atoms in total. The fourth-order valence-corrected chi connectivity index (χ4v) is 3.61. The summed E-state index contributed by atoms with van der Waals surface area (Å²) in [4.78, 5) is 0. The molecule has 2 atom stereocenters. The van der Waals surface area contributed by atoms with Crippen LogP contribution in [0.5, 0.6) is 11.5 Å². The lowest BCUT2D eigenvalue weighted by Crippen LogP contribution is -2.03. The maximum Gasteiger partial charge on any atom is 0.119 e. The summed E-state index contributed by atoms with van der Waals surface area (Å²) < 4.78 is 20.8. The molecule has 0 bridgehead atoms. The van der Waals surface area contributed by atoms with Gasteiger partial charge in [-0.25, -0.2) is 0 Å². The second kappa shape index (κ2) is 22.9. The minimum atomic E-state index is 0. The highest BCUT2D eigenvalue weighted by atomic mass is 16.6. The molecule has 2 heterocycles. The topological polar surface area (TPSA) is 43.5 Å². The monoisotopic (exact) mass is 586 g/mol. The number of rotatable bonds is 9. The van der Waals surface area contributed by atoms with Crippen LogP contribution in [0, 0.1) is 0 Å². The summed E-state index contributed by atoms with van der Waals surface area (Å²) in [5.74, 6) is 1.84. The number of hydrogen-bond acceptors (Lipinski definition) is 4. The van der Waals surface area contributed by atoms with Gasteiger partial charge in [-0.3, -0.25) is 0 Å². The van der Waals surface area contributed by atoms with Crippen LogP contribution in [0.25, 0.3) is 11.1 Å². The van der Waals surface area contributed by atoms with E-state index in [1.807, 2.05) is 88.4 Å². The Morgan fingerprint density at radius 1 is 0.512 bits per heavy atom. The van der Waals surface area contributed by atoms with Gasteiger partial charge in [0.05, 0.1) is 13.2 Å². The molecule has 2 unspecified atom stereocenters. The van der Waals surface area contributed by atoms with Crippen molar-refractivity contribution in [3.8, 4) is 22.6 Å². The zero-order valence-electron chi connectivity index (χ0n) is 26.4. The lowest BCUT2D eigenvalue weighted by Gasteiger charge is -2.04. The first-order chi connectivity index (χ1) is 20.7. The third-order valence-electron chi connectivity index (χ3n) is 6.22. The molecule has 0 amide bonds. The highest BCUT2D eigenvalue weighted by Crippen LogP contribution is 2.21. The van der Waals surface area contributed by atoms with Gasteiger partial charge < -0.3 is 18.9 Å². The van der Waals surface area contributed by atoms with Crippen LogP contribution in [-0.4, -0.2) is 38.6 Å². The summed E-state index contributed by atoms with van der Waals surface area (Å²) in [6.07, 6.45) is 2.90. The Kier molecular flexibility index (Phi) is 20.0. The summed E-state index contributed by atoms with van der Waals surface area (Å²) in [6, 6.07) is 37.3. The minimum absolute atomic E-state index is 0. The molecule has 0 aliphatic carbocycles. The first-order valence-corrected chi connectivity index (χ1v) is 15.5. The Morgan fingerprint density at radius 2 is 0.814 bits per heavy atom. The maximum absolute atomic E-state index is 5.40. The number of hydrogen-bond donors (Lipinski definition) is 0. The molecule has 0 spiro atoms. The molecular formula is C39H54O4. The fraction of sp³-hybridized carbons (Fsp3) is 0.385. The Balaban J connectivity index is 0.000000307. The summed E-state index contributed by atoms with van der Waals surface area (Å²) in [5, 5.41) is 0. The molecule has 0 N–H and O–H groups in total. The van der Waals surface area contributed by atoms with E-state index in [0.717, 1.165) is 37.6 Å². The summed E-state index contributed by atoms with van der Waals surface area (Å²) in [7, 11) is 0. The number of aryl methyl sites for hydroxylation is 2. The van der Waals surface area contributed by atoms with Crippen molar-refractivity contribution in [1.29, 1.82) is 0 Å². The molecule has 0 aromatic heterocycles. The van der Waals surface area contributed by atoms with Gasteiger partial charge in [0.25, 0.3) is 0 Å². The number of epoxide rings is 2. The predicted molar refractivity (Wildman–Crippen MR) is 183 cm³/mol. The van der Waals surface area contributed by atoms with Gasteiger partial charge in [-0.05, 0) is 59.4 Å². The van der Waals surface area contributed by atoms with Crippen molar-refractivity contribution in [2.24, 2.45) is 0 Å². The molecule has 2 aliphatic rings. The smallest absolute Gasteiger partial charge is 0.119 e. The summed E-state index contributed by atoms with van der Waals surface area (Å²) in [5.41, 5.74) is 5.41. The summed E-state index contributed by atoms with van der Waals surface area (Å²) in [6.45, 7) is 15.4. The van der Waals surface area contributed by atoms with Crippen LogP contribution in [0.3, 0.4) is 0 Å². The van der Waals surface area contributed by atoms with E-state index in [0.29, 0.717) is 25.4 Å². The summed E-state index contributed by atoms with van der Waals surface area (Å²) >= 11 is 0. The van der Waals surface area contributed by atoms with E-state index >= 15 is 0 Å². The highest BCUT2D eigenvalue weighted by molar-refractivity contribution is 5.63. The van der Waals surface area contributed by atoms with Crippen molar-refractivity contribution >= 4 is 0 Å². The van der Waals surface area contributed by atoms with Crippen LogP contribution in [0.15, 0.2) is 109 Å². The average Bonchev–Trinajstić information content (AvgIpc) is 4.03. The van der Waals surface area contributed by atoms with Gasteiger partial charge in [-0.2, -0.15) is 0 Å². The van der Waals surface area contributed by atoms with Gasteiger partial charge >= 0.3 is 0 Å². The van der Waals surface area contributed by atoms with Gasteiger partial charge in [-0.1, -0.05) is 134 Å². The molecule has 0 saturated carbocycles. The molecule has 0 radical (unpaired) electrons. The van der Waals surface area contributed by atoms with E-state index in [-0.39, 0.29) is 7.43 Å². The average molecular weight is 587 g/mol. The van der Waals surface area contributed by atoms with Crippen LogP contribution in [-0.2, 0) is 22.3 Å². The number of para-hydroxylation sites is 2. The van der Waals surface area contributed by atoms with Crippen LogP contribution in [0.2, 0.25) is 0 Å². The Labute approximate surface area is 262 Å². The SMILES string of the molecule is C.CC.CC.CCc1ccc(-c2ccc(CC)cc2)cc1.c1ccc(OCC2CO2)cc1.c1ccc(OCC2CO2)cc1. The van der Waals surface area contributed by atoms with E-state index in [9.17, 15) is 0 Å². The van der Waals surface area contributed by atoms with Crippen molar-refractivity contribution < 1.29 is 18.9 Å². The molecule has 4 aromatic rings. The van der Waals surface area contributed by atoms with Gasteiger partial charge in [0.15, 0.2) is 0 Å². The first-order valence-electron chi connectivity index (χ1n) is 15.5. The van der Waals surface area contributed by atoms with E-state index in [1.54, 1.807) is 0 Å². The zero-order valence-corrected chi connectivity index (χ0v) is 26.4. The van der Waals surface area contributed by atoms with Crippen molar-refractivity contribution in [3.05, 3.63) is 120 Å². The van der Waals surface area contributed by atoms with Crippen molar-refractivity contribution in [3.63, 3.8) is 0 Å². The van der Waals surface area contributed by atoms with Crippen molar-refractivity contribution in [2.75, 3.05) is 26.4 Å². The van der Waals surface area contributed by atoms with Crippen LogP contribution < -0.4 is 9.47 Å². The Hall–Kier alpha value is -3.60. The first kappa shape index (κ1) is 37.4. The molecule has 4 aromatic carbocycles. The Bertz CT molecular complexity index is 1070. The quantitative estimate of drug-likeness (QED) is 0.183. The van der Waals surface area contributed by atoms with E-state index in [1.165, 1.54) is 22.3 Å². The molecule has 4 heteroatoms. The molecule has 234 valence electrons. The molecule has 43 heavy (non-hydrogen) atoms.